The van der Waals surface area contributed by atoms with Gasteiger partial charge in [0.15, 0.2) is 0 Å². The predicted octanol–water partition coefficient (Wildman–Crippen LogP) is 2.47. The van der Waals surface area contributed by atoms with E-state index in [1.807, 2.05) is 23.9 Å². The highest BCUT2D eigenvalue weighted by atomic mass is 15.2. The smallest absolute Gasteiger partial charge is 0.229 e. The summed E-state index contributed by atoms with van der Waals surface area (Å²) in [6.07, 6.45) is 7.18. The standard InChI is InChI=1S/C19H23N7/c1-15-13-21-19(23-18(15)26-8-7-20-14-26)22-16-3-5-17(6-4-16)25-11-9-24(2)10-12-25/h3-8,13-14H,9-12H2,1-2H3,(H,21,22,23). The van der Waals surface area contributed by atoms with E-state index in [0.717, 1.165) is 43.2 Å². The molecule has 0 amide bonds. The number of anilines is 3. The molecule has 4 rings (SSSR count). The van der Waals surface area contributed by atoms with Gasteiger partial charge in [0, 0.05) is 61.7 Å². The summed E-state index contributed by atoms with van der Waals surface area (Å²) in [5.74, 6) is 1.40. The van der Waals surface area contributed by atoms with Crippen LogP contribution in [0, 0.1) is 6.92 Å². The molecule has 0 atom stereocenters. The van der Waals surface area contributed by atoms with E-state index in [2.05, 4.69) is 61.4 Å². The number of aryl methyl sites for hydroxylation is 1. The van der Waals surface area contributed by atoms with Gasteiger partial charge < -0.3 is 15.1 Å². The second-order valence-corrected chi connectivity index (χ2v) is 6.63. The number of likely N-dealkylation sites (N-methyl/N-ethyl adjacent to an activating group) is 1. The van der Waals surface area contributed by atoms with Crippen LogP contribution in [0.15, 0.2) is 49.2 Å². The molecular weight excluding hydrogens is 326 g/mol. The summed E-state index contributed by atoms with van der Waals surface area (Å²) in [6, 6.07) is 8.46. The number of hydrogen-bond acceptors (Lipinski definition) is 6. The van der Waals surface area contributed by atoms with Crippen LogP contribution in [0.2, 0.25) is 0 Å². The normalized spacial score (nSPS) is 15.2. The largest absolute Gasteiger partial charge is 0.369 e. The van der Waals surface area contributed by atoms with Gasteiger partial charge in [-0.3, -0.25) is 4.57 Å². The van der Waals surface area contributed by atoms with E-state index in [4.69, 9.17) is 0 Å². The number of imidazole rings is 1. The summed E-state index contributed by atoms with van der Waals surface area (Å²) in [4.78, 5) is 17.9. The SMILES string of the molecule is Cc1cnc(Nc2ccc(N3CCN(C)CC3)cc2)nc1-n1ccnc1. The number of piperazine rings is 1. The number of benzene rings is 1. The average Bonchev–Trinajstić information content (AvgIpc) is 3.19. The minimum Gasteiger partial charge on any atom is -0.369 e. The van der Waals surface area contributed by atoms with E-state index >= 15 is 0 Å². The Morgan fingerprint density at radius 3 is 2.50 bits per heavy atom. The summed E-state index contributed by atoms with van der Waals surface area (Å²) in [5, 5.41) is 3.29. The molecular formula is C19H23N7. The molecule has 1 aromatic carbocycles. The topological polar surface area (TPSA) is 62.1 Å². The lowest BCUT2D eigenvalue weighted by molar-refractivity contribution is 0.313. The van der Waals surface area contributed by atoms with Crippen LogP contribution in [0.25, 0.3) is 5.82 Å². The van der Waals surface area contributed by atoms with Crippen LogP contribution in [0.5, 0.6) is 0 Å². The molecule has 0 bridgehead atoms. The van der Waals surface area contributed by atoms with Crippen molar-refractivity contribution in [3.8, 4) is 5.82 Å². The van der Waals surface area contributed by atoms with Crippen LogP contribution in [0.1, 0.15) is 5.56 Å². The van der Waals surface area contributed by atoms with Gasteiger partial charge in [0.1, 0.15) is 12.1 Å². The van der Waals surface area contributed by atoms with Crippen molar-refractivity contribution in [2.24, 2.45) is 0 Å². The maximum Gasteiger partial charge on any atom is 0.229 e. The highest BCUT2D eigenvalue weighted by Crippen LogP contribution is 2.21. The van der Waals surface area contributed by atoms with Crippen LogP contribution in [-0.2, 0) is 0 Å². The Kier molecular flexibility index (Phi) is 4.53. The zero-order valence-electron chi connectivity index (χ0n) is 15.1. The molecule has 0 unspecified atom stereocenters. The lowest BCUT2D eigenvalue weighted by Gasteiger charge is -2.34. The Hall–Kier alpha value is -2.93. The fraction of sp³-hybridized carbons (Fsp3) is 0.316. The molecule has 1 N–H and O–H groups in total. The number of aromatic nitrogens is 4. The van der Waals surface area contributed by atoms with Gasteiger partial charge in [-0.25, -0.2) is 9.97 Å². The third kappa shape index (κ3) is 3.52. The highest BCUT2D eigenvalue weighted by molar-refractivity contribution is 5.60. The number of rotatable bonds is 4. The first-order valence-corrected chi connectivity index (χ1v) is 8.81. The van der Waals surface area contributed by atoms with Crippen molar-refractivity contribution in [1.82, 2.24) is 24.4 Å². The first kappa shape index (κ1) is 16.5. The molecule has 2 aromatic heterocycles. The van der Waals surface area contributed by atoms with Gasteiger partial charge in [0.2, 0.25) is 5.95 Å². The van der Waals surface area contributed by atoms with Crippen LogP contribution in [-0.4, -0.2) is 57.6 Å². The maximum absolute atomic E-state index is 4.62. The van der Waals surface area contributed by atoms with E-state index in [0.29, 0.717) is 5.95 Å². The van der Waals surface area contributed by atoms with Crippen molar-refractivity contribution in [3.05, 3.63) is 54.7 Å². The van der Waals surface area contributed by atoms with Gasteiger partial charge >= 0.3 is 0 Å². The van der Waals surface area contributed by atoms with Gasteiger partial charge in [-0.05, 0) is 38.2 Å². The van der Waals surface area contributed by atoms with Crippen LogP contribution < -0.4 is 10.2 Å². The summed E-state index contributed by atoms with van der Waals surface area (Å²) in [6.45, 7) is 6.34. The molecule has 7 nitrogen and oxygen atoms in total. The summed E-state index contributed by atoms with van der Waals surface area (Å²) in [7, 11) is 2.17. The molecule has 0 aliphatic carbocycles. The Morgan fingerprint density at radius 2 is 1.81 bits per heavy atom. The Bertz CT molecular complexity index is 850. The van der Waals surface area contributed by atoms with Crippen molar-refractivity contribution in [2.75, 3.05) is 43.4 Å². The maximum atomic E-state index is 4.62. The molecule has 1 saturated heterocycles. The summed E-state index contributed by atoms with van der Waals surface area (Å²) < 4.78 is 1.89. The zero-order valence-corrected chi connectivity index (χ0v) is 15.1. The highest BCUT2D eigenvalue weighted by Gasteiger charge is 2.14. The van der Waals surface area contributed by atoms with Crippen LogP contribution in [0.3, 0.4) is 0 Å². The summed E-state index contributed by atoms with van der Waals surface area (Å²) in [5.41, 5.74) is 3.23. The average molecular weight is 349 g/mol. The van der Waals surface area contributed by atoms with Crippen molar-refractivity contribution in [2.45, 2.75) is 6.92 Å². The molecule has 1 aliphatic rings. The van der Waals surface area contributed by atoms with E-state index in [1.54, 1.807) is 12.5 Å². The van der Waals surface area contributed by atoms with Crippen molar-refractivity contribution < 1.29 is 0 Å². The Morgan fingerprint density at radius 1 is 1.04 bits per heavy atom. The first-order valence-electron chi connectivity index (χ1n) is 8.81. The minimum absolute atomic E-state index is 0.576. The summed E-state index contributed by atoms with van der Waals surface area (Å²) >= 11 is 0. The van der Waals surface area contributed by atoms with Gasteiger partial charge in [0.05, 0.1) is 0 Å². The molecule has 0 radical (unpaired) electrons. The number of nitrogens with one attached hydrogen (secondary N) is 1. The van der Waals surface area contributed by atoms with E-state index in [-0.39, 0.29) is 0 Å². The second-order valence-electron chi connectivity index (χ2n) is 6.63. The van der Waals surface area contributed by atoms with Crippen molar-refractivity contribution in [1.29, 1.82) is 0 Å². The molecule has 26 heavy (non-hydrogen) atoms. The lowest BCUT2D eigenvalue weighted by atomic mass is 10.2. The number of nitrogens with zero attached hydrogens (tertiary/aromatic N) is 6. The fourth-order valence-electron chi connectivity index (χ4n) is 3.09. The lowest BCUT2D eigenvalue weighted by Crippen LogP contribution is -2.44. The van der Waals surface area contributed by atoms with E-state index in [1.165, 1.54) is 5.69 Å². The molecule has 7 heteroatoms. The van der Waals surface area contributed by atoms with Crippen molar-refractivity contribution in [3.63, 3.8) is 0 Å². The third-order valence-corrected chi connectivity index (χ3v) is 4.69. The monoisotopic (exact) mass is 349 g/mol. The van der Waals surface area contributed by atoms with E-state index in [9.17, 15) is 0 Å². The molecule has 3 heterocycles. The zero-order chi connectivity index (χ0) is 17.9. The van der Waals surface area contributed by atoms with Crippen LogP contribution in [0.4, 0.5) is 17.3 Å². The molecule has 1 fully saturated rings. The van der Waals surface area contributed by atoms with Gasteiger partial charge in [-0.2, -0.15) is 4.98 Å². The predicted molar refractivity (Wildman–Crippen MR) is 103 cm³/mol. The van der Waals surface area contributed by atoms with Gasteiger partial charge in [-0.15, -0.1) is 0 Å². The van der Waals surface area contributed by atoms with Crippen molar-refractivity contribution >= 4 is 17.3 Å². The van der Waals surface area contributed by atoms with Gasteiger partial charge in [0.25, 0.3) is 0 Å². The minimum atomic E-state index is 0.576. The molecule has 0 saturated carbocycles. The molecule has 3 aromatic rings. The quantitative estimate of drug-likeness (QED) is 0.781. The van der Waals surface area contributed by atoms with E-state index < -0.39 is 0 Å². The second kappa shape index (κ2) is 7.13. The third-order valence-electron chi connectivity index (χ3n) is 4.69. The molecule has 0 spiro atoms. The molecule has 1 aliphatic heterocycles. The number of hydrogen-bond donors (Lipinski definition) is 1. The fourth-order valence-corrected chi connectivity index (χ4v) is 3.09. The first-order chi connectivity index (χ1) is 12.7. The Labute approximate surface area is 153 Å². The Balaban J connectivity index is 1.48. The van der Waals surface area contributed by atoms with Crippen LogP contribution >= 0.6 is 0 Å². The van der Waals surface area contributed by atoms with Gasteiger partial charge in [-0.1, -0.05) is 0 Å². The molecule has 134 valence electrons.